The zero-order chi connectivity index (χ0) is 33.0. The van der Waals surface area contributed by atoms with Gasteiger partial charge in [-0.05, 0) is 76.9 Å². The first-order chi connectivity index (χ1) is 24.7. The number of rotatable bonds is 5. The molecule has 0 amide bonds. The molecule has 0 aliphatic rings. The van der Waals surface area contributed by atoms with Crippen molar-refractivity contribution in [3.05, 3.63) is 164 Å². The first-order valence-corrected chi connectivity index (χ1v) is 16.6. The van der Waals surface area contributed by atoms with Crippen LogP contribution in [0, 0.1) is 0 Å². The number of aromatic nitrogens is 3. The van der Waals surface area contributed by atoms with Gasteiger partial charge in [-0.2, -0.15) is 0 Å². The highest BCUT2D eigenvalue weighted by atomic mass is 16.3. The molecule has 0 N–H and O–H groups in total. The van der Waals surface area contributed by atoms with Gasteiger partial charge in [0.25, 0.3) is 0 Å². The van der Waals surface area contributed by atoms with Crippen LogP contribution >= 0.6 is 0 Å². The van der Waals surface area contributed by atoms with Crippen LogP contribution in [0.1, 0.15) is 0 Å². The van der Waals surface area contributed by atoms with E-state index in [0.29, 0.717) is 17.5 Å². The molecular weight excluding hydrogens is 615 g/mol. The van der Waals surface area contributed by atoms with E-state index in [0.717, 1.165) is 82.8 Å². The molecule has 5 nitrogen and oxygen atoms in total. The second-order valence-electron chi connectivity index (χ2n) is 12.5. The average Bonchev–Trinajstić information content (AvgIpc) is 3.76. The first kappa shape index (κ1) is 28.2. The molecule has 0 saturated carbocycles. The van der Waals surface area contributed by atoms with Gasteiger partial charge in [-0.25, -0.2) is 15.0 Å². The number of hydrogen-bond acceptors (Lipinski definition) is 5. The topological polar surface area (TPSA) is 65.0 Å². The van der Waals surface area contributed by atoms with Crippen LogP contribution in [0.2, 0.25) is 0 Å². The molecule has 10 rings (SSSR count). The van der Waals surface area contributed by atoms with E-state index in [1.54, 1.807) is 0 Å². The molecule has 234 valence electrons. The summed E-state index contributed by atoms with van der Waals surface area (Å²) in [4.78, 5) is 15.1. The number of benzene rings is 7. The van der Waals surface area contributed by atoms with Gasteiger partial charge in [0.1, 0.15) is 22.3 Å². The summed E-state index contributed by atoms with van der Waals surface area (Å²) >= 11 is 0. The van der Waals surface area contributed by atoms with E-state index in [9.17, 15) is 0 Å². The minimum Gasteiger partial charge on any atom is -0.456 e. The van der Waals surface area contributed by atoms with Crippen LogP contribution in [0.5, 0.6) is 0 Å². The zero-order valence-corrected chi connectivity index (χ0v) is 26.7. The van der Waals surface area contributed by atoms with E-state index < -0.39 is 0 Å². The lowest BCUT2D eigenvalue weighted by Crippen LogP contribution is -2.00. The van der Waals surface area contributed by atoms with Crippen molar-refractivity contribution in [1.82, 2.24) is 15.0 Å². The summed E-state index contributed by atoms with van der Waals surface area (Å²) in [6.45, 7) is 0. The normalized spacial score (nSPS) is 11.6. The van der Waals surface area contributed by atoms with Crippen LogP contribution in [-0.4, -0.2) is 15.0 Å². The van der Waals surface area contributed by atoms with Crippen LogP contribution in [0.4, 0.5) is 0 Å². The second kappa shape index (κ2) is 11.4. The van der Waals surface area contributed by atoms with Gasteiger partial charge in [-0.1, -0.05) is 109 Å². The maximum atomic E-state index is 6.31. The van der Waals surface area contributed by atoms with Crippen LogP contribution in [-0.2, 0) is 0 Å². The molecular formula is C45H27N3O2. The number of nitrogens with zero attached hydrogens (tertiary/aromatic N) is 3. The smallest absolute Gasteiger partial charge is 0.164 e. The molecule has 0 bridgehead atoms. The monoisotopic (exact) mass is 641 g/mol. The SMILES string of the molecule is c1ccc(-c2nc(-c3ccccc3)nc(-c3cc(-c4ccc5c(c4)oc4ccccc45)cc(-c4ccc5oc6ccccc6c5c4)c3)n2)cc1. The fourth-order valence-corrected chi connectivity index (χ4v) is 6.84. The Morgan fingerprint density at radius 1 is 0.260 bits per heavy atom. The van der Waals surface area contributed by atoms with Crippen molar-refractivity contribution in [2.24, 2.45) is 0 Å². The Kier molecular flexibility index (Phi) is 6.42. The van der Waals surface area contributed by atoms with Gasteiger partial charge in [0.05, 0.1) is 0 Å². The van der Waals surface area contributed by atoms with E-state index in [1.807, 2.05) is 97.1 Å². The van der Waals surface area contributed by atoms with Gasteiger partial charge in [-0.15, -0.1) is 0 Å². The molecule has 0 saturated heterocycles. The predicted molar refractivity (Wildman–Crippen MR) is 202 cm³/mol. The van der Waals surface area contributed by atoms with Crippen LogP contribution in [0.25, 0.3) is 100 Å². The second-order valence-corrected chi connectivity index (χ2v) is 12.5. The first-order valence-electron chi connectivity index (χ1n) is 16.6. The third-order valence-electron chi connectivity index (χ3n) is 9.31. The summed E-state index contributed by atoms with van der Waals surface area (Å²) in [5.41, 5.74) is 10.4. The van der Waals surface area contributed by atoms with Crippen molar-refractivity contribution in [2.75, 3.05) is 0 Å². The molecule has 0 spiro atoms. The van der Waals surface area contributed by atoms with Gasteiger partial charge in [0.2, 0.25) is 0 Å². The minimum absolute atomic E-state index is 0.598. The van der Waals surface area contributed by atoms with E-state index in [4.69, 9.17) is 23.8 Å². The summed E-state index contributed by atoms with van der Waals surface area (Å²) in [6, 6.07) is 55.9. The Labute approximate surface area is 287 Å². The Morgan fingerprint density at radius 3 is 1.34 bits per heavy atom. The Bertz CT molecular complexity index is 2810. The summed E-state index contributed by atoms with van der Waals surface area (Å²) in [7, 11) is 0. The maximum Gasteiger partial charge on any atom is 0.164 e. The maximum absolute atomic E-state index is 6.31. The fraction of sp³-hybridized carbons (Fsp3) is 0. The number of hydrogen-bond donors (Lipinski definition) is 0. The molecule has 7 aromatic carbocycles. The van der Waals surface area contributed by atoms with Gasteiger partial charge in [0.15, 0.2) is 17.5 Å². The van der Waals surface area contributed by atoms with Crippen molar-refractivity contribution in [3.63, 3.8) is 0 Å². The molecule has 3 aromatic heterocycles. The molecule has 10 aromatic rings. The van der Waals surface area contributed by atoms with E-state index in [1.165, 1.54) is 0 Å². The number of furan rings is 2. The summed E-state index contributed by atoms with van der Waals surface area (Å²) in [5.74, 6) is 1.84. The van der Waals surface area contributed by atoms with Gasteiger partial charge in [0, 0.05) is 38.2 Å². The third-order valence-corrected chi connectivity index (χ3v) is 9.31. The molecule has 0 aliphatic carbocycles. The lowest BCUT2D eigenvalue weighted by atomic mass is 9.94. The quantitative estimate of drug-likeness (QED) is 0.187. The predicted octanol–water partition coefficient (Wildman–Crippen LogP) is 12.0. The van der Waals surface area contributed by atoms with Gasteiger partial charge in [-0.3, -0.25) is 0 Å². The highest BCUT2D eigenvalue weighted by Crippen LogP contribution is 2.38. The standard InChI is InChI=1S/C45H27N3O2/c1-3-11-28(12-4-1)43-46-44(29-13-5-2-6-14-29)48-45(47-43)34-24-32(30-20-22-41-38(26-30)36-16-8-10-18-40(36)49-41)23-33(25-34)31-19-21-37-35-15-7-9-17-39(35)50-42(37)27-31/h1-27H. The van der Waals surface area contributed by atoms with E-state index >= 15 is 0 Å². The molecule has 0 unspecified atom stereocenters. The average molecular weight is 642 g/mol. The molecule has 0 atom stereocenters. The number of para-hydroxylation sites is 2. The highest BCUT2D eigenvalue weighted by molar-refractivity contribution is 6.07. The minimum atomic E-state index is 0.598. The fourth-order valence-electron chi connectivity index (χ4n) is 6.84. The molecule has 3 heterocycles. The van der Waals surface area contributed by atoms with Crippen LogP contribution in [0.3, 0.4) is 0 Å². The molecule has 5 heteroatoms. The molecule has 0 radical (unpaired) electrons. The van der Waals surface area contributed by atoms with Crippen LogP contribution in [0.15, 0.2) is 173 Å². The highest BCUT2D eigenvalue weighted by Gasteiger charge is 2.17. The Balaban J connectivity index is 1.21. The lowest BCUT2D eigenvalue weighted by Gasteiger charge is -2.12. The zero-order valence-electron chi connectivity index (χ0n) is 26.7. The van der Waals surface area contributed by atoms with Crippen molar-refractivity contribution >= 4 is 43.9 Å². The van der Waals surface area contributed by atoms with Crippen molar-refractivity contribution in [3.8, 4) is 56.4 Å². The molecule has 50 heavy (non-hydrogen) atoms. The number of fused-ring (bicyclic) bond motifs is 6. The van der Waals surface area contributed by atoms with Gasteiger partial charge >= 0.3 is 0 Å². The summed E-state index contributed by atoms with van der Waals surface area (Å²) in [6.07, 6.45) is 0. The summed E-state index contributed by atoms with van der Waals surface area (Å²) in [5, 5.41) is 4.37. The van der Waals surface area contributed by atoms with Crippen molar-refractivity contribution in [1.29, 1.82) is 0 Å². The lowest BCUT2D eigenvalue weighted by molar-refractivity contribution is 0.668. The van der Waals surface area contributed by atoms with E-state index in [2.05, 4.69) is 66.7 Å². The largest absolute Gasteiger partial charge is 0.456 e. The van der Waals surface area contributed by atoms with Crippen LogP contribution < -0.4 is 0 Å². The Morgan fingerprint density at radius 2 is 0.700 bits per heavy atom. The van der Waals surface area contributed by atoms with E-state index in [-0.39, 0.29) is 0 Å². The van der Waals surface area contributed by atoms with Gasteiger partial charge < -0.3 is 8.83 Å². The Hall–Kier alpha value is -6.85. The summed E-state index contributed by atoms with van der Waals surface area (Å²) < 4.78 is 12.5. The van der Waals surface area contributed by atoms with Crippen molar-refractivity contribution in [2.45, 2.75) is 0 Å². The molecule has 0 fully saturated rings. The third kappa shape index (κ3) is 4.83. The van der Waals surface area contributed by atoms with Crippen molar-refractivity contribution < 1.29 is 8.83 Å². The molecule has 0 aliphatic heterocycles.